The average molecular weight is 778 g/mol. The van der Waals surface area contributed by atoms with E-state index in [-0.39, 0.29) is 32.5 Å². The molecule has 1 fully saturated rings. The van der Waals surface area contributed by atoms with Crippen LogP contribution in [0.3, 0.4) is 0 Å². The predicted octanol–water partition coefficient (Wildman–Crippen LogP) is 12.1. The highest BCUT2D eigenvalue weighted by Gasteiger charge is 2.33. The molecule has 3 aromatic carbocycles. The Bertz CT molecular complexity index is 1610. The second-order valence-electron chi connectivity index (χ2n) is 19.1. The molecule has 0 spiro atoms. The summed E-state index contributed by atoms with van der Waals surface area (Å²) in [5.74, 6) is 0.937. The van der Waals surface area contributed by atoms with E-state index in [0.717, 1.165) is 57.2 Å². The van der Waals surface area contributed by atoms with Gasteiger partial charge < -0.3 is 18.9 Å². The summed E-state index contributed by atoms with van der Waals surface area (Å²) in [5.41, 5.74) is 7.59. The summed E-state index contributed by atoms with van der Waals surface area (Å²) in [6, 6.07) is 19.9. The molecule has 54 heavy (non-hydrogen) atoms. The Morgan fingerprint density at radius 2 is 1.17 bits per heavy atom. The third kappa shape index (κ3) is 13.0. The Labute approximate surface area is 338 Å². The Kier molecular flexibility index (Phi) is 15.3. The second-order valence-corrected chi connectivity index (χ2v) is 22.8. The average Bonchev–Trinajstić information content (AvgIpc) is 3.06. The number of morpholine rings is 1. The summed E-state index contributed by atoms with van der Waals surface area (Å²) >= 11 is 3.91. The molecule has 1 heterocycles. The van der Waals surface area contributed by atoms with Gasteiger partial charge in [0.2, 0.25) is 0 Å². The maximum Gasteiger partial charge on any atom is 0.189 e. The van der Waals surface area contributed by atoms with Crippen LogP contribution in [-0.4, -0.2) is 61.8 Å². The molecule has 0 N–H and O–H groups in total. The van der Waals surface area contributed by atoms with Gasteiger partial charge in [-0.3, -0.25) is 4.90 Å². The molecule has 1 saturated heterocycles. The van der Waals surface area contributed by atoms with Gasteiger partial charge in [-0.05, 0) is 95.4 Å². The third-order valence-corrected chi connectivity index (χ3v) is 12.7. The number of thioether (sulfide) groups is 2. The minimum Gasteiger partial charge on any atom is -0.467 e. The smallest absolute Gasteiger partial charge is 0.189 e. The maximum atomic E-state index is 6.70. The number of benzene rings is 3. The van der Waals surface area contributed by atoms with Crippen LogP contribution in [0.15, 0.2) is 64.4 Å². The second kappa shape index (κ2) is 18.5. The van der Waals surface area contributed by atoms with Crippen molar-refractivity contribution in [1.29, 1.82) is 0 Å². The van der Waals surface area contributed by atoms with Gasteiger partial charge in [0.1, 0.15) is 5.75 Å². The van der Waals surface area contributed by atoms with E-state index in [1.165, 1.54) is 37.6 Å². The first-order chi connectivity index (χ1) is 25.1. The molecule has 300 valence electrons. The van der Waals surface area contributed by atoms with Crippen LogP contribution in [0.2, 0.25) is 0 Å². The quantitative estimate of drug-likeness (QED) is 0.0815. The minimum atomic E-state index is -0.207. The van der Waals surface area contributed by atoms with Crippen molar-refractivity contribution in [2.24, 2.45) is 0 Å². The fourth-order valence-corrected chi connectivity index (χ4v) is 9.77. The van der Waals surface area contributed by atoms with E-state index in [4.69, 9.17) is 18.9 Å². The molecule has 7 heteroatoms. The molecule has 5 nitrogen and oxygen atoms in total. The molecule has 0 aliphatic carbocycles. The molecule has 0 radical (unpaired) electrons. The van der Waals surface area contributed by atoms with E-state index in [1.807, 2.05) is 41.7 Å². The lowest BCUT2D eigenvalue weighted by molar-refractivity contribution is 0.00271. The molecule has 3 aromatic rings. The van der Waals surface area contributed by atoms with E-state index in [1.54, 1.807) is 0 Å². The van der Waals surface area contributed by atoms with E-state index in [0.29, 0.717) is 13.2 Å². The van der Waals surface area contributed by atoms with Crippen LogP contribution in [0.5, 0.6) is 5.75 Å². The van der Waals surface area contributed by atoms with Crippen molar-refractivity contribution < 1.29 is 18.9 Å². The summed E-state index contributed by atoms with van der Waals surface area (Å²) in [7, 11) is 0. The zero-order chi connectivity index (χ0) is 40.0. The molecule has 0 aromatic heterocycles. The first kappa shape index (κ1) is 44.7. The molecule has 0 atom stereocenters. The Hall–Kier alpha value is -2.00. The number of rotatable bonds is 16. The van der Waals surface area contributed by atoms with Crippen LogP contribution >= 0.6 is 23.5 Å². The van der Waals surface area contributed by atoms with Crippen LogP contribution < -0.4 is 4.74 Å². The zero-order valence-electron chi connectivity index (χ0n) is 36.2. The standard InChI is InChI=1S/C47H71NO4S2/c1-34-38(43(2,3)4)28-36(29-39(34)44(5,6)7)53-47(13,14)54-37-30-40(45(8,9)10)42(52-33-51-32-35-18-16-15-17-19-35)41(31-37)46(11,12)20-24-49-25-21-48-22-26-50-27-23-48/h15-19,28-31H,20-27,32-33H2,1-14H3. The van der Waals surface area contributed by atoms with Crippen molar-refractivity contribution in [2.75, 3.05) is 52.9 Å². The van der Waals surface area contributed by atoms with Crippen molar-refractivity contribution >= 4 is 23.5 Å². The van der Waals surface area contributed by atoms with Gasteiger partial charge >= 0.3 is 0 Å². The van der Waals surface area contributed by atoms with Gasteiger partial charge in [-0.15, -0.1) is 23.5 Å². The summed E-state index contributed by atoms with van der Waals surface area (Å²) in [5, 5.41) is 0. The summed E-state index contributed by atoms with van der Waals surface area (Å²) in [6.45, 7) is 39.2. The van der Waals surface area contributed by atoms with Crippen molar-refractivity contribution in [3.63, 3.8) is 0 Å². The maximum absolute atomic E-state index is 6.70. The van der Waals surface area contributed by atoms with Crippen LogP contribution in [0.1, 0.15) is 130 Å². The molecule has 0 amide bonds. The number of hydrogen-bond acceptors (Lipinski definition) is 7. The van der Waals surface area contributed by atoms with Crippen LogP contribution in [-0.2, 0) is 42.5 Å². The van der Waals surface area contributed by atoms with Gasteiger partial charge in [-0.2, -0.15) is 0 Å². The number of hydrogen-bond donors (Lipinski definition) is 0. The number of ether oxygens (including phenoxy) is 4. The number of nitrogens with zero attached hydrogens (tertiary/aromatic N) is 1. The zero-order valence-corrected chi connectivity index (χ0v) is 37.8. The SMILES string of the molecule is Cc1c(C(C)(C)C)cc(SC(C)(C)Sc2cc(C(C)(C)C)c(OCOCc3ccccc3)c(C(C)(C)CCOCCN3CCOCC3)c2)cc1C(C)(C)C. The lowest BCUT2D eigenvalue weighted by Crippen LogP contribution is -2.38. The summed E-state index contributed by atoms with van der Waals surface area (Å²) in [4.78, 5) is 5.01. The largest absolute Gasteiger partial charge is 0.467 e. The van der Waals surface area contributed by atoms with Crippen molar-refractivity contribution in [1.82, 2.24) is 4.90 Å². The highest BCUT2D eigenvalue weighted by molar-refractivity contribution is 8.18. The van der Waals surface area contributed by atoms with E-state index < -0.39 is 0 Å². The Morgan fingerprint density at radius 3 is 1.70 bits per heavy atom. The molecule has 1 aliphatic heterocycles. The summed E-state index contributed by atoms with van der Waals surface area (Å²) < 4.78 is 24.5. The Balaban J connectivity index is 1.65. The van der Waals surface area contributed by atoms with Crippen LogP contribution in [0.25, 0.3) is 0 Å². The minimum absolute atomic E-state index is 0.0624. The Morgan fingerprint density at radius 1 is 0.648 bits per heavy atom. The van der Waals surface area contributed by atoms with Gasteiger partial charge in [0.05, 0.1) is 30.5 Å². The lowest BCUT2D eigenvalue weighted by Gasteiger charge is -2.34. The molecular formula is C47H71NO4S2. The third-order valence-electron chi connectivity index (χ3n) is 10.2. The fourth-order valence-electron chi connectivity index (χ4n) is 7.19. The van der Waals surface area contributed by atoms with Gasteiger partial charge in [-0.25, -0.2) is 0 Å². The van der Waals surface area contributed by atoms with E-state index >= 15 is 0 Å². The van der Waals surface area contributed by atoms with Gasteiger partial charge in [0.15, 0.2) is 6.79 Å². The monoisotopic (exact) mass is 777 g/mol. The first-order valence-corrected chi connectivity index (χ1v) is 21.6. The van der Waals surface area contributed by atoms with Gasteiger partial charge in [0.25, 0.3) is 0 Å². The fraction of sp³-hybridized carbons (Fsp3) is 0.617. The molecule has 0 unspecified atom stereocenters. The first-order valence-electron chi connectivity index (χ1n) is 19.9. The van der Waals surface area contributed by atoms with Gasteiger partial charge in [0, 0.05) is 47.2 Å². The lowest BCUT2D eigenvalue weighted by atomic mass is 9.77. The highest BCUT2D eigenvalue weighted by atomic mass is 32.2. The predicted molar refractivity (Wildman–Crippen MR) is 232 cm³/mol. The van der Waals surface area contributed by atoms with Crippen LogP contribution in [0, 0.1) is 6.92 Å². The highest BCUT2D eigenvalue weighted by Crippen LogP contribution is 2.50. The molecule has 1 aliphatic rings. The van der Waals surface area contributed by atoms with Gasteiger partial charge in [-0.1, -0.05) is 106 Å². The summed E-state index contributed by atoms with van der Waals surface area (Å²) in [6.07, 6.45) is 0.877. The van der Waals surface area contributed by atoms with Crippen molar-refractivity contribution in [3.05, 3.63) is 88.0 Å². The molecular weight excluding hydrogens is 707 g/mol. The van der Waals surface area contributed by atoms with E-state index in [9.17, 15) is 0 Å². The molecule has 4 rings (SSSR count). The molecule has 0 saturated carbocycles. The van der Waals surface area contributed by atoms with E-state index in [2.05, 4.69) is 138 Å². The normalized spacial score (nSPS) is 15.1. The molecule has 0 bridgehead atoms. The van der Waals surface area contributed by atoms with Crippen molar-refractivity contribution in [3.8, 4) is 5.75 Å². The van der Waals surface area contributed by atoms with Crippen LogP contribution in [0.4, 0.5) is 0 Å². The van der Waals surface area contributed by atoms with Crippen molar-refractivity contribution in [2.45, 2.75) is 145 Å². The topological polar surface area (TPSA) is 40.2 Å².